The summed E-state index contributed by atoms with van der Waals surface area (Å²) in [5.41, 5.74) is 1.72. The van der Waals surface area contributed by atoms with Crippen molar-refractivity contribution < 1.29 is 26.6 Å². The number of esters is 1. The van der Waals surface area contributed by atoms with Gasteiger partial charge in [0.2, 0.25) is 0 Å². The number of hydrogen-bond acceptors (Lipinski definition) is 3. The molecule has 0 fully saturated rings. The fraction of sp³-hybridized carbons (Fsp3) is 0.316. The van der Waals surface area contributed by atoms with Crippen LogP contribution in [-0.2, 0) is 26.6 Å². The Balaban J connectivity index is 0.000000684. The van der Waals surface area contributed by atoms with Crippen molar-refractivity contribution in [3.8, 4) is 0 Å². The molecule has 0 aliphatic rings. The Morgan fingerprint density at radius 3 is 2.26 bits per heavy atom. The van der Waals surface area contributed by atoms with Crippen LogP contribution in [0.25, 0.3) is 0 Å². The first kappa shape index (κ1) is 21.4. The molecule has 0 bridgehead atoms. The molecule has 0 spiro atoms. The molecule has 3 nitrogen and oxygen atoms in total. The van der Waals surface area contributed by atoms with Gasteiger partial charge in [0.25, 0.3) is 0 Å². The molecule has 0 saturated carbocycles. The van der Waals surface area contributed by atoms with Crippen molar-refractivity contribution in [2.24, 2.45) is 0 Å². The van der Waals surface area contributed by atoms with Crippen molar-refractivity contribution in [2.45, 2.75) is 19.9 Å². The zero-order valence-corrected chi connectivity index (χ0v) is 15.1. The molecule has 0 aromatic heterocycles. The maximum atomic E-state index is 11.2. The van der Waals surface area contributed by atoms with Crippen LogP contribution in [0.1, 0.15) is 25.5 Å². The number of carbonyl (C=O) groups is 1. The van der Waals surface area contributed by atoms with E-state index in [1.54, 1.807) is 6.92 Å². The Labute approximate surface area is 150 Å². The largest absolute Gasteiger partial charge is 2.00 e. The summed E-state index contributed by atoms with van der Waals surface area (Å²) in [4.78, 5) is 13.3. The van der Waals surface area contributed by atoms with Gasteiger partial charge in [-0.2, -0.15) is 30.3 Å². The first-order valence-electron chi connectivity index (χ1n) is 7.43. The van der Waals surface area contributed by atoms with Crippen LogP contribution in [0.4, 0.5) is 0 Å². The summed E-state index contributed by atoms with van der Waals surface area (Å²) in [6.07, 6.45) is 0. The van der Waals surface area contributed by atoms with Crippen molar-refractivity contribution in [1.29, 1.82) is 0 Å². The van der Waals surface area contributed by atoms with E-state index in [0.29, 0.717) is 24.8 Å². The molecule has 0 saturated heterocycles. The van der Waals surface area contributed by atoms with Gasteiger partial charge in [0.1, 0.15) is 6.61 Å². The van der Waals surface area contributed by atoms with Crippen LogP contribution in [0.3, 0.4) is 0 Å². The van der Waals surface area contributed by atoms with Crippen LogP contribution in [0.2, 0.25) is 0 Å². The van der Waals surface area contributed by atoms with Gasteiger partial charge in [-0.05, 0) is 20.0 Å². The molecule has 0 amide bonds. The van der Waals surface area contributed by atoms with Crippen molar-refractivity contribution >= 4 is 5.97 Å². The van der Waals surface area contributed by atoms with Crippen LogP contribution in [0.5, 0.6) is 0 Å². The summed E-state index contributed by atoms with van der Waals surface area (Å²) in [7, 11) is 2.02. The number of likely N-dealkylation sites (N-methyl/N-ethyl adjacent to an activating group) is 1. The Hall–Kier alpha value is -1.61. The van der Waals surface area contributed by atoms with E-state index < -0.39 is 0 Å². The van der Waals surface area contributed by atoms with Crippen LogP contribution in [-0.4, -0.2) is 31.1 Å². The topological polar surface area (TPSA) is 29.5 Å². The standard InChI is InChI=1S/C14H20NO2.C5H5.Fe/c1-11(2)14(16)17-10-9-15(4)12(3)13-7-5-6-8-13;1-2-4-5-3-1;/h5-8,12H,1,9-10H2,2-4H3;1-5H;/q2*-1;+2. The summed E-state index contributed by atoms with van der Waals surface area (Å²) in [6, 6.07) is 18.6. The van der Waals surface area contributed by atoms with E-state index in [0.717, 1.165) is 0 Å². The smallest absolute Gasteiger partial charge is 0.461 e. The van der Waals surface area contributed by atoms with E-state index in [1.807, 2.05) is 49.5 Å². The minimum Gasteiger partial charge on any atom is -0.461 e. The van der Waals surface area contributed by atoms with Gasteiger partial charge in [-0.15, -0.1) is 5.56 Å². The molecular formula is C19H25FeNO2. The van der Waals surface area contributed by atoms with E-state index in [-0.39, 0.29) is 23.0 Å². The molecule has 2 aromatic carbocycles. The van der Waals surface area contributed by atoms with Gasteiger partial charge in [-0.25, -0.2) is 29.1 Å². The van der Waals surface area contributed by atoms with Crippen LogP contribution in [0.15, 0.2) is 66.7 Å². The number of carbonyl (C=O) groups excluding carboxylic acids is 1. The van der Waals surface area contributed by atoms with Crippen molar-refractivity contribution in [3.05, 3.63) is 72.3 Å². The van der Waals surface area contributed by atoms with Crippen LogP contribution in [0, 0.1) is 0 Å². The first-order chi connectivity index (χ1) is 10.5. The summed E-state index contributed by atoms with van der Waals surface area (Å²) in [5, 5.41) is 0. The third-order valence-corrected chi connectivity index (χ3v) is 3.41. The van der Waals surface area contributed by atoms with Gasteiger partial charge >= 0.3 is 23.0 Å². The minimum atomic E-state index is -0.320. The fourth-order valence-corrected chi connectivity index (χ4v) is 1.84. The SMILES string of the molecule is C=C(C)C(=O)OCCN(C)C(C)[c-]1cccc1.[Fe+2].c1cc[cH-]c1. The Morgan fingerprint density at radius 1 is 1.26 bits per heavy atom. The Kier molecular flexibility index (Phi) is 11.1. The van der Waals surface area contributed by atoms with E-state index in [2.05, 4.69) is 30.5 Å². The van der Waals surface area contributed by atoms with Gasteiger partial charge in [0.05, 0.1) is 0 Å². The average molecular weight is 355 g/mol. The van der Waals surface area contributed by atoms with Crippen molar-refractivity contribution in [3.63, 3.8) is 0 Å². The van der Waals surface area contributed by atoms with Crippen LogP contribution >= 0.6 is 0 Å². The Morgan fingerprint density at radius 2 is 1.83 bits per heavy atom. The third-order valence-electron chi connectivity index (χ3n) is 3.41. The summed E-state index contributed by atoms with van der Waals surface area (Å²) < 4.78 is 5.06. The van der Waals surface area contributed by atoms with E-state index in [4.69, 9.17) is 4.74 Å². The molecule has 1 atom stereocenters. The second-order valence-corrected chi connectivity index (χ2v) is 5.25. The predicted molar refractivity (Wildman–Crippen MR) is 90.9 cm³/mol. The maximum Gasteiger partial charge on any atom is 2.00 e. The molecule has 0 heterocycles. The molecule has 0 aliphatic heterocycles. The van der Waals surface area contributed by atoms with E-state index in [9.17, 15) is 4.79 Å². The van der Waals surface area contributed by atoms with Gasteiger partial charge in [0.15, 0.2) is 0 Å². The maximum absolute atomic E-state index is 11.2. The zero-order chi connectivity index (χ0) is 16.4. The molecule has 4 heteroatoms. The number of rotatable bonds is 6. The molecule has 23 heavy (non-hydrogen) atoms. The first-order valence-corrected chi connectivity index (χ1v) is 7.43. The zero-order valence-electron chi connectivity index (χ0n) is 14.0. The molecule has 0 aliphatic carbocycles. The molecule has 1 unspecified atom stereocenters. The molecule has 2 rings (SSSR count). The van der Waals surface area contributed by atoms with Crippen molar-refractivity contribution in [1.82, 2.24) is 4.90 Å². The van der Waals surface area contributed by atoms with Crippen molar-refractivity contribution in [2.75, 3.05) is 20.2 Å². The monoisotopic (exact) mass is 355 g/mol. The average Bonchev–Trinajstić information content (AvgIpc) is 3.21. The molecular weight excluding hydrogens is 330 g/mol. The van der Waals surface area contributed by atoms with Gasteiger partial charge in [0, 0.05) is 12.1 Å². The van der Waals surface area contributed by atoms with Gasteiger partial charge < -0.3 is 9.64 Å². The summed E-state index contributed by atoms with van der Waals surface area (Å²) >= 11 is 0. The molecule has 126 valence electrons. The van der Waals surface area contributed by atoms with Crippen LogP contribution < -0.4 is 0 Å². The summed E-state index contributed by atoms with van der Waals surface area (Å²) in [5.74, 6) is -0.320. The number of nitrogens with zero attached hydrogens (tertiary/aromatic N) is 1. The number of hydrogen-bond donors (Lipinski definition) is 0. The molecule has 2 aromatic rings. The van der Waals surface area contributed by atoms with Gasteiger partial charge in [-0.3, -0.25) is 0 Å². The fourth-order valence-electron chi connectivity index (χ4n) is 1.84. The van der Waals surface area contributed by atoms with Gasteiger partial charge in [-0.1, -0.05) is 13.5 Å². The molecule has 0 N–H and O–H groups in total. The number of ether oxygens (including phenoxy) is 1. The third kappa shape index (κ3) is 8.56. The second-order valence-electron chi connectivity index (χ2n) is 5.25. The van der Waals surface area contributed by atoms with E-state index >= 15 is 0 Å². The second kappa shape index (κ2) is 11.9. The van der Waals surface area contributed by atoms with E-state index in [1.165, 1.54) is 5.56 Å². The normalized spacial score (nSPS) is 11.0. The minimum absolute atomic E-state index is 0. The quantitative estimate of drug-likeness (QED) is 0.340. The summed E-state index contributed by atoms with van der Waals surface area (Å²) in [6.45, 7) is 8.44. The Bertz CT molecular complexity index is 515. The molecule has 0 radical (unpaired) electrons. The predicted octanol–water partition coefficient (Wildman–Crippen LogP) is 3.92.